The second-order valence-electron chi connectivity index (χ2n) is 3.34. The summed E-state index contributed by atoms with van der Waals surface area (Å²) in [4.78, 5) is 4.08. The maximum absolute atomic E-state index is 5.11. The summed E-state index contributed by atoms with van der Waals surface area (Å²) in [6, 6.07) is 4.51. The van der Waals surface area contributed by atoms with E-state index in [2.05, 4.69) is 16.4 Å². The molecule has 0 aliphatic carbocycles. The molecular weight excluding hydrogens is 176 g/mol. The second kappa shape index (κ2) is 6.51. The van der Waals surface area contributed by atoms with Crippen LogP contribution in [0.5, 0.6) is 0 Å². The van der Waals surface area contributed by atoms with Gasteiger partial charge in [0.15, 0.2) is 0 Å². The highest BCUT2D eigenvalue weighted by atomic mass is 16.5. The molecular formula is C11H18N2O. The number of nitrogens with zero attached hydrogens (tertiary/aromatic N) is 1. The molecule has 1 atom stereocenters. The maximum Gasteiger partial charge on any atom is 0.0615 e. The first kappa shape index (κ1) is 11.1. The van der Waals surface area contributed by atoms with E-state index >= 15 is 0 Å². The summed E-state index contributed by atoms with van der Waals surface area (Å²) in [5.41, 5.74) is 1.28. The van der Waals surface area contributed by atoms with Crippen LogP contribution in [-0.2, 0) is 11.2 Å². The van der Waals surface area contributed by atoms with E-state index in [1.807, 2.05) is 19.3 Å². The lowest BCUT2D eigenvalue weighted by atomic mass is 10.1. The first-order valence-electron chi connectivity index (χ1n) is 4.92. The van der Waals surface area contributed by atoms with Crippen molar-refractivity contribution in [3.05, 3.63) is 30.1 Å². The number of hydrogen-bond donors (Lipinski definition) is 1. The number of hydrogen-bond acceptors (Lipinski definition) is 3. The largest absolute Gasteiger partial charge is 0.383 e. The fourth-order valence-electron chi connectivity index (χ4n) is 1.40. The molecule has 0 spiro atoms. The number of pyridine rings is 1. The van der Waals surface area contributed by atoms with Gasteiger partial charge in [-0.1, -0.05) is 6.07 Å². The van der Waals surface area contributed by atoms with Crippen molar-refractivity contribution >= 4 is 0 Å². The second-order valence-corrected chi connectivity index (χ2v) is 3.34. The molecule has 78 valence electrons. The number of rotatable bonds is 6. The molecule has 0 saturated carbocycles. The van der Waals surface area contributed by atoms with Crippen molar-refractivity contribution in [2.45, 2.75) is 18.9 Å². The number of likely N-dealkylation sites (N-methyl/N-ethyl adjacent to an activating group) is 1. The normalized spacial score (nSPS) is 12.7. The Morgan fingerprint density at radius 3 is 3.00 bits per heavy atom. The van der Waals surface area contributed by atoms with Crippen molar-refractivity contribution in [3.63, 3.8) is 0 Å². The van der Waals surface area contributed by atoms with Crippen molar-refractivity contribution < 1.29 is 4.74 Å². The van der Waals surface area contributed by atoms with Crippen molar-refractivity contribution in [1.82, 2.24) is 10.3 Å². The molecule has 1 aromatic heterocycles. The molecule has 14 heavy (non-hydrogen) atoms. The van der Waals surface area contributed by atoms with E-state index in [1.165, 1.54) is 5.56 Å². The van der Waals surface area contributed by atoms with Gasteiger partial charge in [-0.15, -0.1) is 0 Å². The lowest BCUT2D eigenvalue weighted by molar-refractivity contribution is 0.166. The number of ether oxygens (including phenoxy) is 1. The molecule has 1 unspecified atom stereocenters. The Morgan fingerprint density at radius 1 is 1.57 bits per heavy atom. The van der Waals surface area contributed by atoms with Crippen LogP contribution in [0.15, 0.2) is 24.5 Å². The van der Waals surface area contributed by atoms with Gasteiger partial charge in [-0.3, -0.25) is 4.98 Å². The van der Waals surface area contributed by atoms with E-state index < -0.39 is 0 Å². The van der Waals surface area contributed by atoms with Crippen molar-refractivity contribution in [1.29, 1.82) is 0 Å². The zero-order chi connectivity index (χ0) is 10.2. The highest BCUT2D eigenvalue weighted by Gasteiger charge is 2.04. The van der Waals surface area contributed by atoms with Crippen LogP contribution in [0.25, 0.3) is 0 Å². The molecule has 0 aliphatic rings. The van der Waals surface area contributed by atoms with Gasteiger partial charge in [0.25, 0.3) is 0 Å². The predicted molar refractivity (Wildman–Crippen MR) is 57.3 cm³/mol. The lowest BCUT2D eigenvalue weighted by Gasteiger charge is -2.14. The van der Waals surface area contributed by atoms with Crippen molar-refractivity contribution in [2.75, 3.05) is 20.8 Å². The Labute approximate surface area is 85.5 Å². The summed E-state index contributed by atoms with van der Waals surface area (Å²) in [6.45, 7) is 0.761. The molecule has 1 heterocycles. The predicted octanol–water partition coefficient (Wildman–Crippen LogP) is 1.25. The zero-order valence-electron chi connectivity index (χ0n) is 8.86. The average molecular weight is 194 g/mol. The highest BCUT2D eigenvalue weighted by molar-refractivity contribution is 5.08. The zero-order valence-corrected chi connectivity index (χ0v) is 8.86. The van der Waals surface area contributed by atoms with Crippen LogP contribution in [0, 0.1) is 0 Å². The highest BCUT2D eigenvalue weighted by Crippen LogP contribution is 2.03. The maximum atomic E-state index is 5.11. The molecule has 1 N–H and O–H groups in total. The molecule has 0 bridgehead atoms. The first-order valence-corrected chi connectivity index (χ1v) is 4.92. The first-order chi connectivity index (χ1) is 6.86. The van der Waals surface area contributed by atoms with E-state index in [1.54, 1.807) is 13.3 Å². The van der Waals surface area contributed by atoms with Gasteiger partial charge in [0.05, 0.1) is 6.61 Å². The molecule has 0 aliphatic heterocycles. The van der Waals surface area contributed by atoms with Gasteiger partial charge in [-0.2, -0.15) is 0 Å². The van der Waals surface area contributed by atoms with E-state index in [-0.39, 0.29) is 0 Å². The van der Waals surface area contributed by atoms with Crippen LogP contribution in [0.4, 0.5) is 0 Å². The Kier molecular flexibility index (Phi) is 5.19. The fraction of sp³-hybridized carbons (Fsp3) is 0.545. The van der Waals surface area contributed by atoms with Crippen LogP contribution in [-0.4, -0.2) is 31.8 Å². The van der Waals surface area contributed by atoms with Gasteiger partial charge in [0, 0.05) is 25.5 Å². The SMILES string of the molecule is CNC(CCc1cccnc1)COC. The molecule has 0 amide bonds. The van der Waals surface area contributed by atoms with Crippen LogP contribution < -0.4 is 5.32 Å². The third-order valence-electron chi connectivity index (χ3n) is 2.28. The minimum absolute atomic E-state index is 0.431. The molecule has 1 aromatic rings. The van der Waals surface area contributed by atoms with Crippen molar-refractivity contribution in [3.8, 4) is 0 Å². The third kappa shape index (κ3) is 3.85. The molecule has 1 rings (SSSR count). The monoisotopic (exact) mass is 194 g/mol. The smallest absolute Gasteiger partial charge is 0.0615 e. The minimum atomic E-state index is 0.431. The third-order valence-corrected chi connectivity index (χ3v) is 2.28. The van der Waals surface area contributed by atoms with Crippen LogP contribution in [0.2, 0.25) is 0 Å². The Balaban J connectivity index is 2.32. The van der Waals surface area contributed by atoms with Gasteiger partial charge < -0.3 is 10.1 Å². The molecule has 0 saturated heterocycles. The molecule has 0 radical (unpaired) electrons. The van der Waals surface area contributed by atoms with Gasteiger partial charge in [0.1, 0.15) is 0 Å². The van der Waals surface area contributed by atoms with Gasteiger partial charge in [-0.05, 0) is 31.5 Å². The van der Waals surface area contributed by atoms with Gasteiger partial charge in [-0.25, -0.2) is 0 Å². The quantitative estimate of drug-likeness (QED) is 0.740. The minimum Gasteiger partial charge on any atom is -0.383 e. The summed E-state index contributed by atoms with van der Waals surface area (Å²) >= 11 is 0. The summed E-state index contributed by atoms with van der Waals surface area (Å²) in [5, 5.41) is 3.23. The average Bonchev–Trinajstić information content (AvgIpc) is 2.25. The molecule has 0 fully saturated rings. The summed E-state index contributed by atoms with van der Waals surface area (Å²) in [6.07, 6.45) is 5.84. The lowest BCUT2D eigenvalue weighted by Crippen LogP contribution is -2.30. The molecule has 3 nitrogen and oxygen atoms in total. The Hall–Kier alpha value is -0.930. The Morgan fingerprint density at radius 2 is 2.43 bits per heavy atom. The molecule has 0 aromatic carbocycles. The number of nitrogens with one attached hydrogen (secondary N) is 1. The van der Waals surface area contributed by atoms with Crippen LogP contribution in [0.3, 0.4) is 0 Å². The standard InChI is InChI=1S/C11H18N2O/c1-12-11(9-14-2)6-5-10-4-3-7-13-8-10/h3-4,7-8,11-12H,5-6,9H2,1-2H3. The van der Waals surface area contributed by atoms with E-state index in [4.69, 9.17) is 4.74 Å². The van der Waals surface area contributed by atoms with E-state index in [0.717, 1.165) is 19.4 Å². The summed E-state index contributed by atoms with van der Waals surface area (Å²) in [7, 11) is 3.70. The van der Waals surface area contributed by atoms with Crippen molar-refractivity contribution in [2.24, 2.45) is 0 Å². The fourth-order valence-corrected chi connectivity index (χ4v) is 1.40. The summed E-state index contributed by atoms with van der Waals surface area (Å²) < 4.78 is 5.11. The van der Waals surface area contributed by atoms with Gasteiger partial charge in [0.2, 0.25) is 0 Å². The molecule has 3 heteroatoms. The van der Waals surface area contributed by atoms with Crippen LogP contribution >= 0.6 is 0 Å². The number of aryl methyl sites for hydroxylation is 1. The van der Waals surface area contributed by atoms with Crippen LogP contribution in [0.1, 0.15) is 12.0 Å². The summed E-state index contributed by atoms with van der Waals surface area (Å²) in [5.74, 6) is 0. The number of methoxy groups -OCH3 is 1. The van der Waals surface area contributed by atoms with Gasteiger partial charge >= 0.3 is 0 Å². The topological polar surface area (TPSA) is 34.2 Å². The van der Waals surface area contributed by atoms with E-state index in [0.29, 0.717) is 6.04 Å². The Bertz CT molecular complexity index is 238. The number of aromatic nitrogens is 1. The van der Waals surface area contributed by atoms with E-state index in [9.17, 15) is 0 Å².